The highest BCUT2D eigenvalue weighted by Crippen LogP contribution is 2.32. The van der Waals surface area contributed by atoms with Crippen molar-refractivity contribution in [3.63, 3.8) is 0 Å². The molecule has 0 bridgehead atoms. The SMILES string of the molecule is COc1ccc2nc(C=Cc3ccccn3)nc(C(CN(CCN)C(=N)N)c3ccccc3)c2c1.Cl.Cl.Cl. The average Bonchev–Trinajstić information content (AvgIpc) is 2.90. The summed E-state index contributed by atoms with van der Waals surface area (Å²) in [6.07, 6.45) is 5.50. The van der Waals surface area contributed by atoms with Gasteiger partial charge >= 0.3 is 0 Å². The summed E-state index contributed by atoms with van der Waals surface area (Å²) in [5.74, 6) is 1.07. The van der Waals surface area contributed by atoms with Crippen LogP contribution in [0, 0.1) is 5.41 Å². The van der Waals surface area contributed by atoms with Crippen LogP contribution in [0.25, 0.3) is 23.1 Å². The Hall–Kier alpha value is -3.43. The quantitative estimate of drug-likeness (QED) is 0.194. The highest BCUT2D eigenvalue weighted by atomic mass is 35.5. The first kappa shape index (κ1) is 32.6. The molecule has 1 unspecified atom stereocenters. The highest BCUT2D eigenvalue weighted by Gasteiger charge is 2.23. The first-order valence-electron chi connectivity index (χ1n) is 11.4. The van der Waals surface area contributed by atoms with Crippen molar-refractivity contribution < 1.29 is 4.74 Å². The number of benzene rings is 2. The van der Waals surface area contributed by atoms with E-state index in [4.69, 9.17) is 31.6 Å². The van der Waals surface area contributed by atoms with Crippen LogP contribution in [0.5, 0.6) is 5.75 Å². The molecule has 0 aliphatic heterocycles. The lowest BCUT2D eigenvalue weighted by atomic mass is 9.92. The number of pyridine rings is 1. The number of hydrogen-bond donors (Lipinski definition) is 3. The predicted octanol–water partition coefficient (Wildman–Crippen LogP) is 4.76. The largest absolute Gasteiger partial charge is 0.497 e. The summed E-state index contributed by atoms with van der Waals surface area (Å²) < 4.78 is 5.50. The molecular weight excluding hydrogens is 545 g/mol. The van der Waals surface area contributed by atoms with Gasteiger partial charge in [-0.15, -0.1) is 37.2 Å². The average molecular weight is 577 g/mol. The van der Waals surface area contributed by atoms with Crippen molar-refractivity contribution in [3.8, 4) is 5.75 Å². The van der Waals surface area contributed by atoms with Crippen LogP contribution in [0.15, 0.2) is 72.9 Å². The maximum Gasteiger partial charge on any atom is 0.188 e. The van der Waals surface area contributed by atoms with Crippen molar-refractivity contribution >= 4 is 66.2 Å². The van der Waals surface area contributed by atoms with Crippen molar-refractivity contribution in [1.29, 1.82) is 5.41 Å². The van der Waals surface area contributed by atoms with Crippen molar-refractivity contribution in [2.75, 3.05) is 26.7 Å². The van der Waals surface area contributed by atoms with Gasteiger partial charge in [0.25, 0.3) is 0 Å². The molecule has 0 aliphatic rings. The van der Waals surface area contributed by atoms with Gasteiger partial charge in [-0.05, 0) is 48.0 Å². The third-order valence-corrected chi connectivity index (χ3v) is 5.72. The van der Waals surface area contributed by atoms with E-state index in [2.05, 4.69) is 17.1 Å². The van der Waals surface area contributed by atoms with E-state index in [-0.39, 0.29) is 49.1 Å². The Morgan fingerprint density at radius 2 is 1.74 bits per heavy atom. The van der Waals surface area contributed by atoms with Gasteiger partial charge in [0.05, 0.1) is 24.0 Å². The molecule has 0 aliphatic carbocycles. The number of fused-ring (bicyclic) bond motifs is 1. The molecule has 0 saturated carbocycles. The van der Waals surface area contributed by atoms with Crippen LogP contribution in [-0.2, 0) is 0 Å². The van der Waals surface area contributed by atoms with Gasteiger partial charge in [0.1, 0.15) is 5.75 Å². The molecule has 4 rings (SSSR count). The minimum Gasteiger partial charge on any atom is -0.497 e. The zero-order chi connectivity index (χ0) is 24.6. The monoisotopic (exact) mass is 575 g/mol. The molecule has 2 heterocycles. The van der Waals surface area contributed by atoms with Gasteiger partial charge in [-0.25, -0.2) is 9.97 Å². The smallest absolute Gasteiger partial charge is 0.188 e. The van der Waals surface area contributed by atoms with E-state index in [9.17, 15) is 0 Å². The molecule has 1 atom stereocenters. The number of ether oxygens (including phenoxy) is 1. The number of aromatic nitrogens is 3. The molecule has 0 spiro atoms. The Kier molecular flexibility index (Phi) is 13.5. The normalized spacial score (nSPS) is 11.1. The van der Waals surface area contributed by atoms with Gasteiger partial charge in [0.15, 0.2) is 11.8 Å². The van der Waals surface area contributed by atoms with Crippen molar-refractivity contribution in [1.82, 2.24) is 19.9 Å². The fourth-order valence-electron chi connectivity index (χ4n) is 3.97. The lowest BCUT2D eigenvalue weighted by Crippen LogP contribution is -2.42. The third-order valence-electron chi connectivity index (χ3n) is 5.72. The Balaban J connectivity index is 0.00000241. The number of nitrogens with two attached hydrogens (primary N) is 2. The van der Waals surface area contributed by atoms with Gasteiger partial charge in [-0.2, -0.15) is 0 Å². The van der Waals surface area contributed by atoms with Crippen LogP contribution in [0.2, 0.25) is 0 Å². The second kappa shape index (κ2) is 15.7. The Bertz CT molecular complexity index is 1320. The molecule has 8 nitrogen and oxygen atoms in total. The van der Waals surface area contributed by atoms with E-state index in [1.807, 2.05) is 66.7 Å². The van der Waals surface area contributed by atoms with Gasteiger partial charge in [0, 0.05) is 37.1 Å². The van der Waals surface area contributed by atoms with Crippen LogP contribution < -0.4 is 16.2 Å². The van der Waals surface area contributed by atoms with Crippen molar-refractivity contribution in [3.05, 3.63) is 95.7 Å². The summed E-state index contributed by atoms with van der Waals surface area (Å²) >= 11 is 0. The molecule has 4 aromatic rings. The molecule has 0 saturated heterocycles. The summed E-state index contributed by atoms with van der Waals surface area (Å²) in [7, 11) is 1.64. The zero-order valence-electron chi connectivity index (χ0n) is 20.9. The minimum atomic E-state index is -0.189. The lowest BCUT2D eigenvalue weighted by Gasteiger charge is -2.28. The first-order valence-corrected chi connectivity index (χ1v) is 11.4. The summed E-state index contributed by atoms with van der Waals surface area (Å²) in [5.41, 5.74) is 15.2. The Morgan fingerprint density at radius 1 is 1.00 bits per heavy atom. The summed E-state index contributed by atoms with van der Waals surface area (Å²) in [6, 6.07) is 21.6. The molecule has 0 amide bonds. The van der Waals surface area contributed by atoms with Crippen LogP contribution in [-0.4, -0.2) is 52.6 Å². The minimum absolute atomic E-state index is 0. The van der Waals surface area contributed by atoms with E-state index < -0.39 is 0 Å². The van der Waals surface area contributed by atoms with Crippen LogP contribution >= 0.6 is 37.2 Å². The van der Waals surface area contributed by atoms with Crippen LogP contribution in [0.1, 0.15) is 28.7 Å². The number of guanidine groups is 1. The second-order valence-electron chi connectivity index (χ2n) is 8.02. The van der Waals surface area contributed by atoms with Gasteiger partial charge in [0.2, 0.25) is 0 Å². The van der Waals surface area contributed by atoms with E-state index in [0.717, 1.165) is 33.6 Å². The third kappa shape index (κ3) is 8.03. The fourth-order valence-corrected chi connectivity index (χ4v) is 3.97. The molecule has 2 aromatic heterocycles. The highest BCUT2D eigenvalue weighted by molar-refractivity contribution is 5.86. The standard InChI is InChI=1S/C27H29N7O.3ClH/c1-35-21-11-12-24-22(17-21)26(33-25(32-24)13-10-20-9-5-6-15-31-20)23(19-7-3-2-4-8-19)18-34(16-14-28)27(29)30;;;/h2-13,15,17,23H,14,16,18,28H2,1H3,(H3,29,30);3*1H. The van der Waals surface area contributed by atoms with Crippen molar-refractivity contribution in [2.24, 2.45) is 11.5 Å². The van der Waals surface area contributed by atoms with Crippen molar-refractivity contribution in [2.45, 2.75) is 5.92 Å². The molecular formula is C27H32Cl3N7O. The Labute approximate surface area is 241 Å². The molecule has 202 valence electrons. The van der Waals surface area contributed by atoms with E-state index >= 15 is 0 Å². The summed E-state index contributed by atoms with van der Waals surface area (Å²) in [4.78, 5) is 15.9. The number of rotatable bonds is 9. The maximum absolute atomic E-state index is 8.08. The molecule has 0 radical (unpaired) electrons. The van der Waals surface area contributed by atoms with Crippen LogP contribution in [0.4, 0.5) is 0 Å². The molecule has 0 fully saturated rings. The Morgan fingerprint density at radius 3 is 2.37 bits per heavy atom. The number of methoxy groups -OCH3 is 1. The maximum atomic E-state index is 8.08. The number of nitrogens with zero attached hydrogens (tertiary/aromatic N) is 4. The molecule has 5 N–H and O–H groups in total. The number of halogens is 3. The van der Waals surface area contributed by atoms with Gasteiger partial charge in [-0.3, -0.25) is 10.4 Å². The topological polar surface area (TPSA) is 127 Å². The lowest BCUT2D eigenvalue weighted by molar-refractivity contribution is 0.402. The number of hydrogen-bond acceptors (Lipinski definition) is 6. The van der Waals surface area contributed by atoms with E-state index in [1.54, 1.807) is 18.2 Å². The molecule has 2 aromatic carbocycles. The fraction of sp³-hybridized carbons (Fsp3) is 0.185. The first-order chi connectivity index (χ1) is 17.1. The van der Waals surface area contributed by atoms with E-state index in [1.165, 1.54) is 0 Å². The zero-order valence-corrected chi connectivity index (χ0v) is 23.3. The van der Waals surface area contributed by atoms with Gasteiger partial charge < -0.3 is 21.1 Å². The number of nitrogens with one attached hydrogen (secondary N) is 1. The summed E-state index contributed by atoms with van der Waals surface area (Å²) in [5, 5.41) is 8.96. The predicted molar refractivity (Wildman–Crippen MR) is 162 cm³/mol. The second-order valence-corrected chi connectivity index (χ2v) is 8.02. The molecule has 38 heavy (non-hydrogen) atoms. The molecule has 11 heteroatoms. The van der Waals surface area contributed by atoms with Gasteiger partial charge in [-0.1, -0.05) is 36.4 Å². The van der Waals surface area contributed by atoms with E-state index in [0.29, 0.717) is 25.5 Å². The van der Waals surface area contributed by atoms with Crippen LogP contribution in [0.3, 0.4) is 0 Å². The summed E-state index contributed by atoms with van der Waals surface area (Å²) in [6.45, 7) is 1.30.